The van der Waals surface area contributed by atoms with Gasteiger partial charge in [0.15, 0.2) is 0 Å². The molecule has 0 amide bonds. The molecule has 1 aromatic heterocycles. The van der Waals surface area contributed by atoms with E-state index in [1.807, 2.05) is 42.3 Å². The van der Waals surface area contributed by atoms with E-state index in [9.17, 15) is 0 Å². The second-order valence-corrected chi connectivity index (χ2v) is 4.39. The molecule has 0 spiro atoms. The zero-order chi connectivity index (χ0) is 12.3. The summed E-state index contributed by atoms with van der Waals surface area (Å²) in [7, 11) is 1.94. The highest BCUT2D eigenvalue weighted by atomic mass is 79.9. The maximum absolute atomic E-state index is 8.78. The summed E-state index contributed by atoms with van der Waals surface area (Å²) in [6.07, 6.45) is 1.57. The van der Waals surface area contributed by atoms with Crippen molar-refractivity contribution in [1.29, 1.82) is 5.26 Å². The average molecular weight is 288 g/mol. The molecular weight excluding hydrogens is 278 g/mol. The third-order valence-corrected chi connectivity index (χ3v) is 3.00. The van der Waals surface area contributed by atoms with Crippen LogP contribution in [-0.4, -0.2) is 12.0 Å². The zero-order valence-electron chi connectivity index (χ0n) is 9.26. The lowest BCUT2D eigenvalue weighted by molar-refractivity contribution is 1.11. The first kappa shape index (κ1) is 11.6. The van der Waals surface area contributed by atoms with E-state index in [2.05, 4.69) is 27.0 Å². The molecule has 1 aromatic carbocycles. The van der Waals surface area contributed by atoms with Crippen LogP contribution in [0.15, 0.2) is 47.1 Å². The van der Waals surface area contributed by atoms with Crippen molar-refractivity contribution >= 4 is 27.4 Å². The van der Waals surface area contributed by atoms with Crippen molar-refractivity contribution in [3.05, 3.63) is 52.6 Å². The number of benzene rings is 1. The van der Waals surface area contributed by atoms with Crippen LogP contribution in [0.5, 0.6) is 0 Å². The molecule has 17 heavy (non-hydrogen) atoms. The van der Waals surface area contributed by atoms with E-state index in [1.54, 1.807) is 12.3 Å². The summed E-state index contributed by atoms with van der Waals surface area (Å²) < 4.78 is 0.808. The Labute approximate surface area is 108 Å². The normalized spacial score (nSPS) is 9.71. The Morgan fingerprint density at radius 1 is 1.29 bits per heavy atom. The molecule has 84 valence electrons. The van der Waals surface area contributed by atoms with E-state index in [-0.39, 0.29) is 0 Å². The molecule has 0 saturated heterocycles. The number of hydrogen-bond acceptors (Lipinski definition) is 3. The van der Waals surface area contributed by atoms with Gasteiger partial charge in [-0.3, -0.25) is 0 Å². The molecule has 0 unspecified atom stereocenters. The predicted molar refractivity (Wildman–Crippen MR) is 71.2 cm³/mol. The number of nitriles is 1. The molecule has 0 fully saturated rings. The van der Waals surface area contributed by atoms with Crippen molar-refractivity contribution in [2.75, 3.05) is 11.9 Å². The molecular formula is C13H10BrN3. The van der Waals surface area contributed by atoms with Crippen molar-refractivity contribution in [1.82, 2.24) is 4.98 Å². The van der Waals surface area contributed by atoms with Crippen molar-refractivity contribution in [2.45, 2.75) is 0 Å². The molecule has 0 bridgehead atoms. The molecule has 0 radical (unpaired) electrons. The molecule has 0 atom stereocenters. The van der Waals surface area contributed by atoms with E-state index in [0.717, 1.165) is 16.0 Å². The lowest BCUT2D eigenvalue weighted by Gasteiger charge is -2.19. The van der Waals surface area contributed by atoms with Gasteiger partial charge < -0.3 is 4.90 Å². The number of hydrogen-bond donors (Lipinski definition) is 0. The fourth-order valence-electron chi connectivity index (χ4n) is 1.51. The minimum atomic E-state index is 0.544. The molecule has 4 heteroatoms. The van der Waals surface area contributed by atoms with E-state index < -0.39 is 0 Å². The standard InChI is InChI=1S/C13H10BrN3/c1-17(11-5-3-2-4-6-11)13-12(14)7-10(8-15)9-16-13/h2-7,9H,1H3. The molecule has 2 aromatic rings. The number of anilines is 2. The molecule has 0 aliphatic carbocycles. The van der Waals surface area contributed by atoms with Crippen LogP contribution < -0.4 is 4.90 Å². The Bertz CT molecular complexity index is 561. The first-order valence-corrected chi connectivity index (χ1v) is 5.86. The van der Waals surface area contributed by atoms with Crippen LogP contribution in [-0.2, 0) is 0 Å². The Morgan fingerprint density at radius 2 is 2.00 bits per heavy atom. The molecule has 3 nitrogen and oxygen atoms in total. The summed E-state index contributed by atoms with van der Waals surface area (Å²) in [5, 5.41) is 8.78. The average Bonchev–Trinajstić information content (AvgIpc) is 2.39. The van der Waals surface area contributed by atoms with Crippen LogP contribution in [0.2, 0.25) is 0 Å². The van der Waals surface area contributed by atoms with Gasteiger partial charge in [0.25, 0.3) is 0 Å². The van der Waals surface area contributed by atoms with Gasteiger partial charge in [0, 0.05) is 18.9 Å². The smallest absolute Gasteiger partial charge is 0.147 e. The van der Waals surface area contributed by atoms with Crippen LogP contribution in [0, 0.1) is 11.3 Å². The second kappa shape index (κ2) is 4.98. The van der Waals surface area contributed by atoms with Crippen molar-refractivity contribution < 1.29 is 0 Å². The third kappa shape index (κ3) is 2.45. The number of rotatable bonds is 2. The minimum absolute atomic E-state index is 0.544. The summed E-state index contributed by atoms with van der Waals surface area (Å²) in [5.41, 5.74) is 1.59. The molecule has 0 saturated carbocycles. The molecule has 0 aliphatic heterocycles. The second-order valence-electron chi connectivity index (χ2n) is 3.54. The lowest BCUT2D eigenvalue weighted by atomic mass is 10.2. The fourth-order valence-corrected chi connectivity index (χ4v) is 2.13. The molecule has 0 N–H and O–H groups in total. The molecule has 0 aliphatic rings. The number of halogens is 1. The maximum atomic E-state index is 8.78. The van der Waals surface area contributed by atoms with E-state index in [4.69, 9.17) is 5.26 Å². The summed E-state index contributed by atoms with van der Waals surface area (Å²) in [6.45, 7) is 0. The number of nitrogens with zero attached hydrogens (tertiary/aromatic N) is 3. The highest BCUT2D eigenvalue weighted by Gasteiger charge is 2.09. The Balaban J connectivity index is 2.39. The van der Waals surface area contributed by atoms with E-state index in [0.29, 0.717) is 5.56 Å². The summed E-state index contributed by atoms with van der Waals surface area (Å²) in [4.78, 5) is 6.25. The Kier molecular flexibility index (Phi) is 3.40. The van der Waals surface area contributed by atoms with Gasteiger partial charge in [-0.1, -0.05) is 18.2 Å². The largest absolute Gasteiger partial charge is 0.329 e. The first-order valence-electron chi connectivity index (χ1n) is 5.07. The molecule has 1 heterocycles. The fraction of sp³-hybridized carbons (Fsp3) is 0.0769. The molecule has 2 rings (SSSR count). The predicted octanol–water partition coefficient (Wildman–Crippen LogP) is 3.48. The summed E-state index contributed by atoms with van der Waals surface area (Å²) in [6, 6.07) is 13.8. The summed E-state index contributed by atoms with van der Waals surface area (Å²) in [5.74, 6) is 0.787. The number of aromatic nitrogens is 1. The van der Waals surface area contributed by atoms with Gasteiger partial charge in [-0.25, -0.2) is 4.98 Å². The van der Waals surface area contributed by atoms with Crippen molar-refractivity contribution in [3.8, 4) is 6.07 Å². The van der Waals surface area contributed by atoms with Gasteiger partial charge in [-0.15, -0.1) is 0 Å². The van der Waals surface area contributed by atoms with Gasteiger partial charge in [0.1, 0.15) is 11.9 Å². The number of para-hydroxylation sites is 1. The van der Waals surface area contributed by atoms with Crippen molar-refractivity contribution in [3.63, 3.8) is 0 Å². The zero-order valence-corrected chi connectivity index (χ0v) is 10.8. The Hall–Kier alpha value is -1.86. The van der Waals surface area contributed by atoms with Gasteiger partial charge in [0.2, 0.25) is 0 Å². The van der Waals surface area contributed by atoms with Crippen molar-refractivity contribution in [2.24, 2.45) is 0 Å². The summed E-state index contributed by atoms with van der Waals surface area (Å²) >= 11 is 3.43. The van der Waals surface area contributed by atoms with E-state index >= 15 is 0 Å². The lowest BCUT2D eigenvalue weighted by Crippen LogP contribution is -2.11. The topological polar surface area (TPSA) is 39.9 Å². The highest BCUT2D eigenvalue weighted by Crippen LogP contribution is 2.28. The monoisotopic (exact) mass is 287 g/mol. The quantitative estimate of drug-likeness (QED) is 0.849. The Morgan fingerprint density at radius 3 is 2.59 bits per heavy atom. The minimum Gasteiger partial charge on any atom is -0.329 e. The SMILES string of the molecule is CN(c1ccccc1)c1ncc(C#N)cc1Br. The maximum Gasteiger partial charge on any atom is 0.147 e. The van der Waals surface area contributed by atoms with Crippen LogP contribution in [0.1, 0.15) is 5.56 Å². The van der Waals surface area contributed by atoms with Crippen LogP contribution in [0.3, 0.4) is 0 Å². The van der Waals surface area contributed by atoms with Gasteiger partial charge in [-0.2, -0.15) is 5.26 Å². The van der Waals surface area contributed by atoms with Gasteiger partial charge in [-0.05, 0) is 34.1 Å². The van der Waals surface area contributed by atoms with Gasteiger partial charge in [0.05, 0.1) is 10.0 Å². The first-order chi connectivity index (χ1) is 8.22. The highest BCUT2D eigenvalue weighted by molar-refractivity contribution is 9.10. The number of pyridine rings is 1. The van der Waals surface area contributed by atoms with Crippen LogP contribution >= 0.6 is 15.9 Å². The third-order valence-electron chi connectivity index (χ3n) is 2.41. The van der Waals surface area contributed by atoms with Crippen LogP contribution in [0.4, 0.5) is 11.5 Å². The van der Waals surface area contributed by atoms with E-state index in [1.165, 1.54) is 0 Å². The van der Waals surface area contributed by atoms with Gasteiger partial charge >= 0.3 is 0 Å². The van der Waals surface area contributed by atoms with Crippen LogP contribution in [0.25, 0.3) is 0 Å².